The van der Waals surface area contributed by atoms with Gasteiger partial charge in [-0.2, -0.15) is 0 Å². The molecular formula is BiErMoO3. The van der Waals surface area contributed by atoms with Gasteiger partial charge in [0.05, 0.1) is 0 Å². The molecule has 0 saturated heterocycles. The van der Waals surface area contributed by atoms with Crippen LogP contribution in [0.5, 0.6) is 0 Å². The van der Waals surface area contributed by atoms with Crippen molar-refractivity contribution in [3.63, 3.8) is 0 Å². The molecule has 0 bridgehead atoms. The molecule has 0 spiro atoms. The molecule has 0 aromatic rings. The summed E-state index contributed by atoms with van der Waals surface area (Å²) in [6, 6.07) is 0. The van der Waals surface area contributed by atoms with E-state index in [9.17, 15) is 0 Å². The van der Waals surface area contributed by atoms with Crippen molar-refractivity contribution >= 4 is 26.2 Å². The Kier molecular flexibility index (Phi) is 560. The van der Waals surface area contributed by atoms with Crippen LogP contribution in [0.4, 0.5) is 0 Å². The van der Waals surface area contributed by atoms with Gasteiger partial charge in [-0.3, -0.25) is 0 Å². The minimum atomic E-state index is 0. The molecule has 0 atom stereocenters. The second-order valence-corrected chi connectivity index (χ2v) is 0. The average Bonchev–Trinajstić information content (AvgIpc) is 0. The molecule has 6 heteroatoms. The second kappa shape index (κ2) is 47.4. The minimum Gasteiger partial charge on any atom is -2.00 e. The van der Waals surface area contributed by atoms with Crippen LogP contribution in [0.25, 0.3) is 0 Å². The van der Waals surface area contributed by atoms with Crippen LogP contribution in [0.1, 0.15) is 0 Å². The summed E-state index contributed by atoms with van der Waals surface area (Å²) in [5.74, 6) is 0. The standard InChI is InChI=1S/Bi.Er.Mo.3O/q;;+6;3*-2. The third kappa shape index (κ3) is 29.9. The van der Waals surface area contributed by atoms with Crippen LogP contribution < -0.4 is 0 Å². The molecule has 6 heavy (non-hydrogen) atoms. The van der Waals surface area contributed by atoms with Gasteiger partial charge in [0, 0.05) is 63.5 Å². The van der Waals surface area contributed by atoms with Gasteiger partial charge < -0.3 is 16.4 Å². The Morgan fingerprint density at radius 2 is 0.667 bits per heavy atom. The summed E-state index contributed by atoms with van der Waals surface area (Å²) in [4.78, 5) is 0. The maximum absolute atomic E-state index is 0. The van der Waals surface area contributed by atoms with E-state index in [0.717, 1.165) is 0 Å². The van der Waals surface area contributed by atoms with Crippen LogP contribution in [-0.2, 0) is 37.5 Å². The van der Waals surface area contributed by atoms with Crippen molar-refractivity contribution in [3.05, 3.63) is 0 Å². The second-order valence-electron chi connectivity index (χ2n) is 0. The monoisotopic (exact) mass is 521 g/mol. The van der Waals surface area contributed by atoms with Gasteiger partial charge in [0.1, 0.15) is 0 Å². The van der Waals surface area contributed by atoms with E-state index >= 15 is 0 Å². The fourth-order valence-corrected chi connectivity index (χ4v) is 0. The van der Waals surface area contributed by atoms with Crippen LogP contribution >= 0.6 is 0 Å². The largest absolute Gasteiger partial charge is 6.00 e. The van der Waals surface area contributed by atoms with E-state index in [0.29, 0.717) is 0 Å². The maximum atomic E-state index is 0. The first-order valence-corrected chi connectivity index (χ1v) is 0. The van der Waals surface area contributed by atoms with Crippen molar-refractivity contribution in [2.75, 3.05) is 0 Å². The van der Waals surface area contributed by atoms with E-state index in [4.69, 9.17) is 0 Å². The molecule has 0 N–H and O–H groups in total. The number of rotatable bonds is 0. The Bertz CT molecular complexity index is 10.8. The zero-order valence-corrected chi connectivity index (χ0v) is 9.71. The topological polar surface area (TPSA) is 85.5 Å². The molecular weight excluding hydrogens is 520 g/mol. The summed E-state index contributed by atoms with van der Waals surface area (Å²) in [6.07, 6.45) is 0. The van der Waals surface area contributed by atoms with Crippen LogP contribution in [0, 0.1) is 37.3 Å². The van der Waals surface area contributed by atoms with Crippen molar-refractivity contribution in [2.45, 2.75) is 0 Å². The minimum absolute atomic E-state index is 0. The molecule has 0 aliphatic carbocycles. The van der Waals surface area contributed by atoms with E-state index in [1.165, 1.54) is 0 Å². The predicted molar refractivity (Wildman–Crippen MR) is 7.81 cm³/mol. The molecule has 0 aromatic heterocycles. The first-order chi connectivity index (χ1) is 0. The number of hydrogen-bond donors (Lipinski definition) is 0. The van der Waals surface area contributed by atoms with Gasteiger partial charge in [0.15, 0.2) is 0 Å². The van der Waals surface area contributed by atoms with Gasteiger partial charge in [0.25, 0.3) is 0 Å². The number of hydrogen-bond acceptors (Lipinski definition) is 0. The third-order valence-corrected chi connectivity index (χ3v) is 0. The molecule has 3 nitrogen and oxygen atoms in total. The molecule has 0 aromatic carbocycles. The van der Waals surface area contributed by atoms with Crippen molar-refractivity contribution in [1.29, 1.82) is 0 Å². The summed E-state index contributed by atoms with van der Waals surface area (Å²) in [6.45, 7) is 0. The van der Waals surface area contributed by atoms with Crippen molar-refractivity contribution in [3.8, 4) is 0 Å². The molecule has 0 saturated carbocycles. The van der Waals surface area contributed by atoms with E-state index in [1.54, 1.807) is 0 Å². The molecule has 0 unspecified atom stereocenters. The quantitative estimate of drug-likeness (QED) is 0.378. The summed E-state index contributed by atoms with van der Waals surface area (Å²) in [5.41, 5.74) is 0. The van der Waals surface area contributed by atoms with Crippen molar-refractivity contribution in [2.24, 2.45) is 0 Å². The summed E-state index contributed by atoms with van der Waals surface area (Å²) in [5, 5.41) is 0. The van der Waals surface area contributed by atoms with Crippen molar-refractivity contribution in [1.82, 2.24) is 0 Å². The molecule has 0 aliphatic rings. The zero-order valence-electron chi connectivity index (χ0n) is 2.37. The summed E-state index contributed by atoms with van der Waals surface area (Å²) in [7, 11) is 0. The van der Waals surface area contributed by atoms with Crippen LogP contribution in [0.15, 0.2) is 0 Å². The van der Waals surface area contributed by atoms with E-state index < -0.39 is 0 Å². The zero-order chi connectivity index (χ0) is 0. The predicted octanol–water partition coefficient (Wildman–Crippen LogP) is -0.740. The Balaban J connectivity index is 0. The van der Waals surface area contributed by atoms with Crippen LogP contribution in [-0.4, -0.2) is 26.2 Å². The average molecular weight is 520 g/mol. The normalized spacial score (nSPS) is 0. The van der Waals surface area contributed by atoms with Gasteiger partial charge in [-0.25, -0.2) is 0 Å². The van der Waals surface area contributed by atoms with Gasteiger partial charge in [-0.05, 0) is 0 Å². The van der Waals surface area contributed by atoms with E-state index in [-0.39, 0.29) is 101 Å². The molecule has 0 heterocycles. The van der Waals surface area contributed by atoms with Crippen LogP contribution in [0.2, 0.25) is 0 Å². The smallest absolute Gasteiger partial charge is 2.00 e. The van der Waals surface area contributed by atoms with Crippen molar-refractivity contribution < 1.29 is 74.8 Å². The Hall–Kier alpha value is 2.70. The van der Waals surface area contributed by atoms with Crippen LogP contribution in [0.3, 0.4) is 0 Å². The van der Waals surface area contributed by atoms with Gasteiger partial charge in [0.2, 0.25) is 0 Å². The molecule has 0 rings (SSSR count). The third-order valence-electron chi connectivity index (χ3n) is 0. The summed E-state index contributed by atoms with van der Waals surface area (Å²) < 4.78 is 0. The van der Waals surface area contributed by atoms with E-state index in [1.807, 2.05) is 0 Å². The molecule has 0 fully saturated rings. The molecule has 3 radical (unpaired) electrons. The fourth-order valence-electron chi connectivity index (χ4n) is 0. The van der Waals surface area contributed by atoms with Gasteiger partial charge in [-0.1, -0.05) is 0 Å². The van der Waals surface area contributed by atoms with E-state index in [2.05, 4.69) is 0 Å². The molecule has 0 aliphatic heterocycles. The first-order valence-electron chi connectivity index (χ1n) is 0. The maximum Gasteiger partial charge on any atom is 6.00 e. The van der Waals surface area contributed by atoms with Gasteiger partial charge in [-0.15, -0.1) is 0 Å². The fraction of sp³-hybridized carbons (Fsp3) is 0. The molecule has 0 amide bonds. The van der Waals surface area contributed by atoms with Gasteiger partial charge >= 0.3 is 21.1 Å². The Morgan fingerprint density at radius 3 is 0.667 bits per heavy atom. The first kappa shape index (κ1) is 70.8. The summed E-state index contributed by atoms with van der Waals surface area (Å²) >= 11 is 0. The Labute approximate surface area is 99.2 Å². The Morgan fingerprint density at radius 1 is 0.667 bits per heavy atom. The SMILES string of the molecule is [Bi].[Er].[Mo+6].[O-2].[O-2].[O-2]. The molecule has 41 valence electrons.